The van der Waals surface area contributed by atoms with E-state index in [-0.39, 0.29) is 0 Å². The number of nitrogens with zero attached hydrogens (tertiary/aromatic N) is 2. The standard InChI is InChI=1S/C14H11N2O2/c17-11-15-10-4-2-1-3-5-13-6-8-14(9-7-13)16-12-18/h3-9H,1,10H2. The van der Waals surface area contributed by atoms with Gasteiger partial charge in [-0.2, -0.15) is 4.99 Å². The molecular formula is C14H11N2O2. The number of hydrogen-bond donors (Lipinski definition) is 0. The molecule has 0 aliphatic heterocycles. The highest BCUT2D eigenvalue weighted by atomic mass is 16.1. The first-order valence-corrected chi connectivity index (χ1v) is 5.30. The summed E-state index contributed by atoms with van der Waals surface area (Å²) in [6.07, 6.45) is 12.1. The summed E-state index contributed by atoms with van der Waals surface area (Å²) in [5, 5.41) is 0. The van der Waals surface area contributed by atoms with Crippen molar-refractivity contribution in [2.75, 3.05) is 6.54 Å². The molecule has 0 amide bonds. The average molecular weight is 239 g/mol. The third-order valence-electron chi connectivity index (χ3n) is 2.01. The zero-order valence-corrected chi connectivity index (χ0v) is 9.67. The molecule has 0 spiro atoms. The van der Waals surface area contributed by atoms with Gasteiger partial charge in [0.1, 0.15) is 0 Å². The summed E-state index contributed by atoms with van der Waals surface area (Å²) in [5.41, 5.74) is 1.59. The van der Waals surface area contributed by atoms with Crippen LogP contribution in [0.5, 0.6) is 0 Å². The van der Waals surface area contributed by atoms with Crippen LogP contribution in [0.1, 0.15) is 12.0 Å². The first kappa shape index (κ1) is 13.5. The van der Waals surface area contributed by atoms with Crippen LogP contribution < -0.4 is 0 Å². The molecule has 0 saturated heterocycles. The van der Waals surface area contributed by atoms with Gasteiger partial charge in [0, 0.05) is 0 Å². The second-order valence-corrected chi connectivity index (χ2v) is 3.24. The largest absolute Gasteiger partial charge is 0.240 e. The lowest BCUT2D eigenvalue weighted by Gasteiger charge is -1.93. The van der Waals surface area contributed by atoms with E-state index in [9.17, 15) is 9.59 Å². The fraction of sp³-hybridized carbons (Fsp3) is 0.143. The van der Waals surface area contributed by atoms with Gasteiger partial charge in [-0.15, -0.1) is 0 Å². The molecule has 0 fully saturated rings. The third kappa shape index (κ3) is 5.52. The summed E-state index contributed by atoms with van der Waals surface area (Å²) < 4.78 is 0. The lowest BCUT2D eigenvalue weighted by Crippen LogP contribution is -1.72. The normalized spacial score (nSPS) is 10.2. The zero-order chi connectivity index (χ0) is 13.1. The highest BCUT2D eigenvalue weighted by molar-refractivity contribution is 5.55. The number of rotatable bonds is 6. The monoisotopic (exact) mass is 239 g/mol. The highest BCUT2D eigenvalue weighted by Crippen LogP contribution is 2.13. The molecule has 18 heavy (non-hydrogen) atoms. The van der Waals surface area contributed by atoms with E-state index >= 15 is 0 Å². The molecule has 0 N–H and O–H groups in total. The molecule has 0 bridgehead atoms. The Morgan fingerprint density at radius 3 is 2.56 bits per heavy atom. The molecule has 0 atom stereocenters. The van der Waals surface area contributed by atoms with Gasteiger partial charge >= 0.3 is 0 Å². The van der Waals surface area contributed by atoms with E-state index in [1.165, 1.54) is 12.2 Å². The van der Waals surface area contributed by atoms with Crippen LogP contribution in [0.3, 0.4) is 0 Å². The van der Waals surface area contributed by atoms with Crippen LogP contribution >= 0.6 is 0 Å². The van der Waals surface area contributed by atoms with Crippen molar-refractivity contribution in [3.63, 3.8) is 0 Å². The SMILES string of the molecule is O=C=NCC=[C]CC=Cc1ccc(N=C=O)cc1. The molecule has 4 nitrogen and oxygen atoms in total. The van der Waals surface area contributed by atoms with Crippen molar-refractivity contribution in [1.82, 2.24) is 0 Å². The Hall–Kier alpha value is -2.54. The van der Waals surface area contributed by atoms with Crippen molar-refractivity contribution in [2.45, 2.75) is 6.42 Å². The summed E-state index contributed by atoms with van der Waals surface area (Å²) >= 11 is 0. The molecule has 0 aromatic heterocycles. The van der Waals surface area contributed by atoms with Crippen LogP contribution in [-0.2, 0) is 9.59 Å². The Balaban J connectivity index is 2.44. The molecule has 1 radical (unpaired) electrons. The molecular weight excluding hydrogens is 228 g/mol. The molecule has 1 aromatic carbocycles. The molecule has 1 aromatic rings. The van der Waals surface area contributed by atoms with E-state index < -0.39 is 0 Å². The number of carbonyl (C=O) groups excluding carboxylic acids is 2. The number of hydrogen-bond acceptors (Lipinski definition) is 4. The zero-order valence-electron chi connectivity index (χ0n) is 9.67. The summed E-state index contributed by atoms with van der Waals surface area (Å²) in [6, 6.07) is 7.19. The van der Waals surface area contributed by atoms with Gasteiger partial charge in [-0.25, -0.2) is 14.6 Å². The maximum absolute atomic E-state index is 10.0. The van der Waals surface area contributed by atoms with Crippen molar-refractivity contribution in [2.24, 2.45) is 9.98 Å². The summed E-state index contributed by atoms with van der Waals surface area (Å²) in [7, 11) is 0. The number of allylic oxidation sites excluding steroid dienone is 2. The van der Waals surface area contributed by atoms with Gasteiger partial charge in [0.15, 0.2) is 0 Å². The molecule has 4 heteroatoms. The minimum atomic E-state index is 0.315. The van der Waals surface area contributed by atoms with Crippen LogP contribution in [0.4, 0.5) is 5.69 Å². The second-order valence-electron chi connectivity index (χ2n) is 3.24. The van der Waals surface area contributed by atoms with Crippen molar-refractivity contribution in [3.8, 4) is 0 Å². The highest BCUT2D eigenvalue weighted by Gasteiger charge is 1.88. The quantitative estimate of drug-likeness (QED) is 0.566. The molecule has 0 heterocycles. The van der Waals surface area contributed by atoms with Gasteiger partial charge in [-0.05, 0) is 30.2 Å². The summed E-state index contributed by atoms with van der Waals surface area (Å²) in [5.74, 6) is 0. The van der Waals surface area contributed by atoms with Crippen molar-refractivity contribution in [1.29, 1.82) is 0 Å². The Bertz CT molecular complexity index is 517. The van der Waals surface area contributed by atoms with Crippen LogP contribution in [0.25, 0.3) is 6.08 Å². The first-order chi connectivity index (χ1) is 8.86. The maximum atomic E-state index is 10.0. The molecule has 0 aliphatic carbocycles. The Labute approximate surface area is 105 Å². The van der Waals surface area contributed by atoms with E-state index in [2.05, 4.69) is 16.1 Å². The number of aliphatic imine (C=N–C) groups is 2. The van der Waals surface area contributed by atoms with Gasteiger partial charge in [-0.1, -0.05) is 30.4 Å². The minimum Gasteiger partial charge on any atom is -0.211 e. The molecule has 89 valence electrons. The van der Waals surface area contributed by atoms with Crippen LogP contribution in [0.15, 0.2) is 46.4 Å². The van der Waals surface area contributed by atoms with Crippen LogP contribution in [0, 0.1) is 6.08 Å². The smallest absolute Gasteiger partial charge is 0.211 e. The van der Waals surface area contributed by atoms with Crippen LogP contribution in [-0.4, -0.2) is 18.7 Å². The second kappa shape index (κ2) is 8.59. The summed E-state index contributed by atoms with van der Waals surface area (Å²) in [6.45, 7) is 0.315. The number of benzene rings is 1. The Kier molecular flexibility index (Phi) is 6.46. The average Bonchev–Trinajstić information content (AvgIpc) is 2.40. The van der Waals surface area contributed by atoms with E-state index in [0.717, 1.165) is 5.56 Å². The van der Waals surface area contributed by atoms with E-state index in [1.54, 1.807) is 18.2 Å². The molecule has 0 saturated carbocycles. The van der Waals surface area contributed by atoms with E-state index in [1.807, 2.05) is 24.3 Å². The molecule has 1 rings (SSSR count). The molecule has 0 unspecified atom stereocenters. The van der Waals surface area contributed by atoms with E-state index in [4.69, 9.17) is 0 Å². The Morgan fingerprint density at radius 1 is 1.11 bits per heavy atom. The summed E-state index contributed by atoms with van der Waals surface area (Å²) in [4.78, 5) is 26.7. The van der Waals surface area contributed by atoms with Gasteiger partial charge in [0.25, 0.3) is 0 Å². The molecule has 0 aliphatic rings. The van der Waals surface area contributed by atoms with Gasteiger partial charge in [-0.3, -0.25) is 0 Å². The lowest BCUT2D eigenvalue weighted by atomic mass is 10.2. The van der Waals surface area contributed by atoms with Gasteiger partial charge < -0.3 is 0 Å². The van der Waals surface area contributed by atoms with Crippen LogP contribution in [0.2, 0.25) is 0 Å². The predicted molar refractivity (Wildman–Crippen MR) is 68.7 cm³/mol. The van der Waals surface area contributed by atoms with Crippen molar-refractivity contribution < 1.29 is 9.59 Å². The number of isocyanates is 2. The topological polar surface area (TPSA) is 58.9 Å². The van der Waals surface area contributed by atoms with Crippen molar-refractivity contribution >= 4 is 23.9 Å². The lowest BCUT2D eigenvalue weighted by molar-refractivity contribution is 0.563. The maximum Gasteiger partial charge on any atom is 0.240 e. The minimum absolute atomic E-state index is 0.315. The van der Waals surface area contributed by atoms with Crippen molar-refractivity contribution in [3.05, 3.63) is 48.1 Å². The van der Waals surface area contributed by atoms with Gasteiger partial charge in [0.2, 0.25) is 12.2 Å². The Morgan fingerprint density at radius 2 is 1.89 bits per heavy atom. The van der Waals surface area contributed by atoms with E-state index in [0.29, 0.717) is 18.7 Å². The fourth-order valence-electron chi connectivity index (χ4n) is 1.21. The third-order valence-corrected chi connectivity index (χ3v) is 2.01. The first-order valence-electron chi connectivity index (χ1n) is 5.30. The van der Waals surface area contributed by atoms with Gasteiger partial charge in [0.05, 0.1) is 12.2 Å². The predicted octanol–water partition coefficient (Wildman–Crippen LogP) is 2.75. The fourth-order valence-corrected chi connectivity index (χ4v) is 1.21.